The van der Waals surface area contributed by atoms with E-state index in [1.165, 1.54) is 0 Å². The molecule has 0 saturated heterocycles. The second kappa shape index (κ2) is 5.98. The van der Waals surface area contributed by atoms with Crippen molar-refractivity contribution in [2.75, 3.05) is 6.61 Å². The lowest BCUT2D eigenvalue weighted by Gasteiger charge is -2.14. The summed E-state index contributed by atoms with van der Waals surface area (Å²) in [6.07, 6.45) is 2.20. The molecule has 4 nitrogen and oxygen atoms in total. The number of aromatic nitrogens is 3. The van der Waals surface area contributed by atoms with Gasteiger partial charge in [-0.05, 0) is 24.6 Å². The Balaban J connectivity index is 2.20. The van der Waals surface area contributed by atoms with Crippen LogP contribution in [0.15, 0.2) is 30.6 Å². The van der Waals surface area contributed by atoms with E-state index in [1.54, 1.807) is 6.33 Å². The molecule has 0 spiro atoms. The highest BCUT2D eigenvalue weighted by molar-refractivity contribution is 6.30. The number of nitrogens with zero attached hydrogens (tertiary/aromatic N) is 3. The zero-order valence-electron chi connectivity index (χ0n) is 10.3. The van der Waals surface area contributed by atoms with E-state index in [1.807, 2.05) is 35.9 Å². The summed E-state index contributed by atoms with van der Waals surface area (Å²) in [4.78, 5) is 4.23. The molecule has 0 bridgehead atoms. The van der Waals surface area contributed by atoms with Crippen LogP contribution in [0.2, 0.25) is 5.02 Å². The highest BCUT2D eigenvalue weighted by atomic mass is 35.5. The first-order chi connectivity index (χ1) is 8.74. The fraction of sp³-hybridized carbons (Fsp3) is 0.385. The van der Waals surface area contributed by atoms with Gasteiger partial charge in [-0.25, -0.2) is 4.98 Å². The van der Waals surface area contributed by atoms with Crippen LogP contribution in [0.25, 0.3) is 0 Å². The van der Waals surface area contributed by atoms with Crippen molar-refractivity contribution in [3.63, 3.8) is 0 Å². The van der Waals surface area contributed by atoms with E-state index in [0.717, 1.165) is 17.9 Å². The highest BCUT2D eigenvalue weighted by Gasteiger charge is 2.15. The van der Waals surface area contributed by atoms with Gasteiger partial charge in [-0.1, -0.05) is 23.7 Å². The van der Waals surface area contributed by atoms with Gasteiger partial charge in [0.05, 0.1) is 6.61 Å². The third-order valence-electron chi connectivity index (χ3n) is 2.96. The van der Waals surface area contributed by atoms with Crippen LogP contribution in [0.5, 0.6) is 0 Å². The van der Waals surface area contributed by atoms with Crippen molar-refractivity contribution in [1.29, 1.82) is 0 Å². The van der Waals surface area contributed by atoms with Crippen LogP contribution in [0.4, 0.5) is 0 Å². The molecule has 1 aromatic heterocycles. The SMILES string of the molecule is CCn1ncnc1CC(CO)c1cccc(Cl)c1. The number of benzene rings is 1. The van der Waals surface area contributed by atoms with Crippen molar-refractivity contribution in [2.45, 2.75) is 25.8 Å². The third-order valence-corrected chi connectivity index (χ3v) is 3.20. The summed E-state index contributed by atoms with van der Waals surface area (Å²) in [5.41, 5.74) is 1.02. The Morgan fingerprint density at radius 2 is 2.28 bits per heavy atom. The lowest BCUT2D eigenvalue weighted by molar-refractivity contribution is 0.262. The van der Waals surface area contributed by atoms with Crippen molar-refractivity contribution in [2.24, 2.45) is 0 Å². The number of aliphatic hydroxyl groups is 1. The first kappa shape index (κ1) is 13.1. The molecule has 5 heteroatoms. The van der Waals surface area contributed by atoms with E-state index < -0.39 is 0 Å². The molecular weight excluding hydrogens is 250 g/mol. The average Bonchev–Trinajstić information content (AvgIpc) is 2.83. The summed E-state index contributed by atoms with van der Waals surface area (Å²) < 4.78 is 1.84. The molecular formula is C13H16ClN3O. The largest absolute Gasteiger partial charge is 0.396 e. The molecule has 1 aromatic carbocycles. The molecule has 1 atom stereocenters. The maximum atomic E-state index is 9.53. The summed E-state index contributed by atoms with van der Waals surface area (Å²) in [5, 5.41) is 14.3. The van der Waals surface area contributed by atoms with Gasteiger partial charge in [0, 0.05) is 23.9 Å². The molecule has 1 heterocycles. The van der Waals surface area contributed by atoms with Crippen molar-refractivity contribution in [3.05, 3.63) is 47.0 Å². The molecule has 1 N–H and O–H groups in total. The lowest BCUT2D eigenvalue weighted by atomic mass is 9.96. The van der Waals surface area contributed by atoms with Crippen LogP contribution < -0.4 is 0 Å². The Labute approximate surface area is 111 Å². The van der Waals surface area contributed by atoms with E-state index in [-0.39, 0.29) is 12.5 Å². The molecule has 18 heavy (non-hydrogen) atoms. The monoisotopic (exact) mass is 265 g/mol. The lowest BCUT2D eigenvalue weighted by Crippen LogP contribution is -2.12. The first-order valence-electron chi connectivity index (χ1n) is 5.97. The fourth-order valence-electron chi connectivity index (χ4n) is 1.98. The topological polar surface area (TPSA) is 50.9 Å². The minimum Gasteiger partial charge on any atom is -0.396 e. The molecule has 0 fully saturated rings. The van der Waals surface area contributed by atoms with Crippen LogP contribution in [-0.4, -0.2) is 26.5 Å². The number of hydrogen-bond acceptors (Lipinski definition) is 3. The number of hydrogen-bond donors (Lipinski definition) is 1. The van der Waals surface area contributed by atoms with Crippen molar-refractivity contribution >= 4 is 11.6 Å². The Bertz CT molecular complexity index is 512. The van der Waals surface area contributed by atoms with Gasteiger partial charge in [0.1, 0.15) is 12.2 Å². The minimum atomic E-state index is -0.00167. The van der Waals surface area contributed by atoms with Crippen molar-refractivity contribution in [3.8, 4) is 0 Å². The fourth-order valence-corrected chi connectivity index (χ4v) is 2.18. The zero-order chi connectivity index (χ0) is 13.0. The summed E-state index contributed by atoms with van der Waals surface area (Å²) in [5.74, 6) is 0.884. The standard InChI is InChI=1S/C13H16ClN3O/c1-2-17-13(15-9-16-17)7-11(8-18)10-4-3-5-12(14)6-10/h3-6,9,11,18H,2,7-8H2,1H3. The zero-order valence-corrected chi connectivity index (χ0v) is 11.0. The predicted octanol–water partition coefficient (Wildman–Crippen LogP) is 2.27. The van der Waals surface area contributed by atoms with Crippen LogP contribution in [0.1, 0.15) is 24.2 Å². The Kier molecular flexibility index (Phi) is 4.33. The Morgan fingerprint density at radius 3 is 2.94 bits per heavy atom. The summed E-state index contributed by atoms with van der Waals surface area (Å²) >= 11 is 5.97. The van der Waals surface area contributed by atoms with Gasteiger partial charge in [-0.3, -0.25) is 4.68 Å². The molecule has 0 aliphatic carbocycles. The van der Waals surface area contributed by atoms with E-state index in [0.29, 0.717) is 11.4 Å². The molecule has 2 aromatic rings. The van der Waals surface area contributed by atoms with Crippen LogP contribution >= 0.6 is 11.6 Å². The number of aryl methyl sites for hydroxylation is 1. The predicted molar refractivity (Wildman–Crippen MR) is 70.7 cm³/mol. The number of rotatable bonds is 5. The number of halogens is 1. The van der Waals surface area contributed by atoms with Gasteiger partial charge in [0.25, 0.3) is 0 Å². The Morgan fingerprint density at radius 1 is 1.44 bits per heavy atom. The normalized spacial score (nSPS) is 12.6. The van der Waals surface area contributed by atoms with Gasteiger partial charge < -0.3 is 5.11 Å². The number of aliphatic hydroxyl groups excluding tert-OH is 1. The maximum absolute atomic E-state index is 9.53. The van der Waals surface area contributed by atoms with Gasteiger partial charge in [-0.15, -0.1) is 0 Å². The van der Waals surface area contributed by atoms with Crippen molar-refractivity contribution in [1.82, 2.24) is 14.8 Å². The van der Waals surface area contributed by atoms with Crippen LogP contribution in [0.3, 0.4) is 0 Å². The highest BCUT2D eigenvalue weighted by Crippen LogP contribution is 2.22. The molecule has 96 valence electrons. The van der Waals surface area contributed by atoms with Gasteiger partial charge >= 0.3 is 0 Å². The summed E-state index contributed by atoms with van der Waals surface area (Å²) in [6, 6.07) is 7.58. The average molecular weight is 266 g/mol. The Hall–Kier alpha value is -1.39. The van der Waals surface area contributed by atoms with Gasteiger partial charge in [0.2, 0.25) is 0 Å². The van der Waals surface area contributed by atoms with E-state index in [2.05, 4.69) is 10.1 Å². The van der Waals surface area contributed by atoms with Gasteiger partial charge in [-0.2, -0.15) is 5.10 Å². The molecule has 0 aliphatic rings. The molecule has 1 unspecified atom stereocenters. The smallest absolute Gasteiger partial charge is 0.138 e. The second-order valence-corrected chi connectivity index (χ2v) is 4.57. The second-order valence-electron chi connectivity index (χ2n) is 4.13. The van der Waals surface area contributed by atoms with Crippen molar-refractivity contribution < 1.29 is 5.11 Å². The first-order valence-corrected chi connectivity index (χ1v) is 6.35. The molecule has 0 radical (unpaired) electrons. The summed E-state index contributed by atoms with van der Waals surface area (Å²) in [6.45, 7) is 2.87. The minimum absolute atomic E-state index is 0.00167. The molecule has 2 rings (SSSR count). The van der Waals surface area contributed by atoms with Gasteiger partial charge in [0.15, 0.2) is 0 Å². The molecule has 0 amide bonds. The summed E-state index contributed by atoms with van der Waals surface area (Å²) in [7, 11) is 0. The quantitative estimate of drug-likeness (QED) is 0.902. The van der Waals surface area contributed by atoms with E-state index >= 15 is 0 Å². The van der Waals surface area contributed by atoms with E-state index in [4.69, 9.17) is 11.6 Å². The molecule has 0 saturated carbocycles. The van der Waals surface area contributed by atoms with Crippen LogP contribution in [0, 0.1) is 0 Å². The van der Waals surface area contributed by atoms with E-state index in [9.17, 15) is 5.11 Å². The van der Waals surface area contributed by atoms with Crippen LogP contribution in [-0.2, 0) is 13.0 Å². The molecule has 0 aliphatic heterocycles. The maximum Gasteiger partial charge on any atom is 0.138 e. The third kappa shape index (κ3) is 2.89.